The molecule has 0 aromatic heterocycles. The Kier molecular flexibility index (Phi) is 4.02. The van der Waals surface area contributed by atoms with Gasteiger partial charge in [0.1, 0.15) is 5.82 Å². The van der Waals surface area contributed by atoms with Crippen LogP contribution in [0.2, 0.25) is 0 Å². The van der Waals surface area contributed by atoms with Gasteiger partial charge in [-0.1, -0.05) is 6.07 Å². The largest absolute Gasteiger partial charge is 0.380 e. The molecular weight excluding hydrogens is 301 g/mol. The van der Waals surface area contributed by atoms with Crippen molar-refractivity contribution in [3.63, 3.8) is 0 Å². The van der Waals surface area contributed by atoms with Crippen LogP contribution in [-0.2, 0) is 4.74 Å². The quantitative estimate of drug-likeness (QED) is 0.840. The van der Waals surface area contributed by atoms with Crippen LogP contribution in [0.1, 0.15) is 22.3 Å². The molecule has 5 heteroatoms. The van der Waals surface area contributed by atoms with Gasteiger partial charge in [0.25, 0.3) is 5.91 Å². The minimum absolute atomic E-state index is 0.0561. The molecule has 0 aliphatic carbocycles. The van der Waals surface area contributed by atoms with E-state index in [4.69, 9.17) is 4.74 Å². The van der Waals surface area contributed by atoms with E-state index in [2.05, 4.69) is 15.9 Å². The van der Waals surface area contributed by atoms with E-state index in [9.17, 15) is 9.18 Å². The van der Waals surface area contributed by atoms with Crippen molar-refractivity contribution in [3.05, 3.63) is 33.5 Å². The molecule has 1 aromatic rings. The van der Waals surface area contributed by atoms with Gasteiger partial charge in [-0.2, -0.15) is 0 Å². The van der Waals surface area contributed by atoms with E-state index in [1.54, 1.807) is 18.1 Å². The van der Waals surface area contributed by atoms with Crippen LogP contribution in [0, 0.1) is 12.7 Å². The first-order valence-electron chi connectivity index (χ1n) is 5.81. The third-order valence-electron chi connectivity index (χ3n) is 3.26. The number of carbonyl (C=O) groups is 1. The number of benzene rings is 1. The molecule has 0 N–H and O–H groups in total. The Morgan fingerprint density at radius 2 is 2.28 bits per heavy atom. The van der Waals surface area contributed by atoms with E-state index in [1.807, 2.05) is 6.92 Å². The molecule has 98 valence electrons. The summed E-state index contributed by atoms with van der Waals surface area (Å²) in [5.74, 6) is -0.763. The zero-order valence-corrected chi connectivity index (χ0v) is 12.0. The molecule has 1 heterocycles. The standard InChI is InChI=1S/C13H15BrFNO2/c1-8-3-4-10(15)11(12(8)14)13(17)16-6-5-9(7-16)18-2/h3-4,9H,5-7H2,1-2H3. The number of hydrogen-bond acceptors (Lipinski definition) is 2. The number of likely N-dealkylation sites (tertiary alicyclic amines) is 1. The molecule has 1 atom stereocenters. The summed E-state index contributed by atoms with van der Waals surface area (Å²) in [6, 6.07) is 2.98. The number of methoxy groups -OCH3 is 1. The molecule has 1 fully saturated rings. The highest BCUT2D eigenvalue weighted by atomic mass is 79.9. The Balaban J connectivity index is 2.27. The summed E-state index contributed by atoms with van der Waals surface area (Å²) in [5.41, 5.74) is 0.967. The molecule has 0 spiro atoms. The summed E-state index contributed by atoms with van der Waals surface area (Å²) in [6.45, 7) is 2.97. The fraction of sp³-hybridized carbons (Fsp3) is 0.462. The molecule has 0 saturated carbocycles. The van der Waals surface area contributed by atoms with Gasteiger partial charge < -0.3 is 9.64 Å². The molecule has 2 rings (SSSR count). The third-order valence-corrected chi connectivity index (χ3v) is 4.29. The van der Waals surface area contributed by atoms with E-state index in [-0.39, 0.29) is 17.6 Å². The number of halogens is 2. The van der Waals surface area contributed by atoms with Gasteiger partial charge in [0.2, 0.25) is 0 Å². The van der Waals surface area contributed by atoms with Gasteiger partial charge in [-0.25, -0.2) is 4.39 Å². The van der Waals surface area contributed by atoms with E-state index >= 15 is 0 Å². The Morgan fingerprint density at radius 3 is 2.89 bits per heavy atom. The maximum absolute atomic E-state index is 13.8. The number of aryl methyl sites for hydroxylation is 1. The first-order valence-corrected chi connectivity index (χ1v) is 6.60. The second-order valence-electron chi connectivity index (χ2n) is 4.45. The second kappa shape index (κ2) is 5.36. The molecule has 1 aromatic carbocycles. The Labute approximate surface area is 114 Å². The van der Waals surface area contributed by atoms with Crippen LogP contribution in [-0.4, -0.2) is 37.1 Å². The van der Waals surface area contributed by atoms with Gasteiger partial charge in [0, 0.05) is 24.7 Å². The third kappa shape index (κ3) is 2.42. The molecule has 1 amide bonds. The van der Waals surface area contributed by atoms with Crippen LogP contribution in [0.5, 0.6) is 0 Å². The van der Waals surface area contributed by atoms with Crippen molar-refractivity contribution < 1.29 is 13.9 Å². The van der Waals surface area contributed by atoms with Gasteiger partial charge in [-0.3, -0.25) is 4.79 Å². The maximum Gasteiger partial charge on any atom is 0.258 e. The van der Waals surface area contributed by atoms with E-state index in [0.717, 1.165) is 12.0 Å². The Morgan fingerprint density at radius 1 is 1.56 bits per heavy atom. The lowest BCUT2D eigenvalue weighted by molar-refractivity contribution is 0.0719. The summed E-state index contributed by atoms with van der Waals surface area (Å²) < 4.78 is 19.6. The first kappa shape index (κ1) is 13.5. The van der Waals surface area contributed by atoms with Crippen molar-refractivity contribution in [2.24, 2.45) is 0 Å². The zero-order chi connectivity index (χ0) is 13.3. The molecule has 0 radical (unpaired) electrons. The SMILES string of the molecule is COC1CCN(C(=O)c2c(F)ccc(C)c2Br)C1. The lowest BCUT2D eigenvalue weighted by Gasteiger charge is -2.18. The average Bonchev–Trinajstić information content (AvgIpc) is 2.83. The highest BCUT2D eigenvalue weighted by molar-refractivity contribution is 9.10. The van der Waals surface area contributed by atoms with Gasteiger partial charge >= 0.3 is 0 Å². The molecule has 18 heavy (non-hydrogen) atoms. The maximum atomic E-state index is 13.8. The fourth-order valence-corrected chi connectivity index (χ4v) is 2.61. The number of nitrogens with zero attached hydrogens (tertiary/aromatic N) is 1. The lowest BCUT2D eigenvalue weighted by atomic mass is 10.1. The lowest BCUT2D eigenvalue weighted by Crippen LogP contribution is -2.31. The van der Waals surface area contributed by atoms with E-state index < -0.39 is 5.82 Å². The zero-order valence-electron chi connectivity index (χ0n) is 10.4. The predicted octanol–water partition coefficient (Wildman–Crippen LogP) is 2.76. The molecule has 1 unspecified atom stereocenters. The van der Waals surface area contributed by atoms with E-state index in [1.165, 1.54) is 6.07 Å². The van der Waals surface area contributed by atoms with Crippen molar-refractivity contribution in [1.82, 2.24) is 4.90 Å². The summed E-state index contributed by atoms with van der Waals surface area (Å²) in [7, 11) is 1.63. The number of carbonyl (C=O) groups excluding carboxylic acids is 1. The monoisotopic (exact) mass is 315 g/mol. The first-order chi connectivity index (χ1) is 8.54. The van der Waals surface area contributed by atoms with Crippen LogP contribution in [0.25, 0.3) is 0 Å². The molecular formula is C13H15BrFNO2. The van der Waals surface area contributed by atoms with Crippen molar-refractivity contribution in [2.45, 2.75) is 19.4 Å². The summed E-state index contributed by atoms with van der Waals surface area (Å²) in [5, 5.41) is 0. The number of amides is 1. The normalized spacial score (nSPS) is 19.3. The van der Waals surface area contributed by atoms with Crippen molar-refractivity contribution in [3.8, 4) is 0 Å². The van der Waals surface area contributed by atoms with Crippen molar-refractivity contribution in [1.29, 1.82) is 0 Å². The Hall–Kier alpha value is -0.940. The van der Waals surface area contributed by atoms with Gasteiger partial charge in [-0.15, -0.1) is 0 Å². The topological polar surface area (TPSA) is 29.5 Å². The molecule has 3 nitrogen and oxygen atoms in total. The second-order valence-corrected chi connectivity index (χ2v) is 5.24. The van der Waals surface area contributed by atoms with Crippen LogP contribution in [0.15, 0.2) is 16.6 Å². The number of hydrogen-bond donors (Lipinski definition) is 0. The predicted molar refractivity (Wildman–Crippen MR) is 70.2 cm³/mol. The van der Waals surface area contributed by atoms with E-state index in [0.29, 0.717) is 17.6 Å². The van der Waals surface area contributed by atoms with Crippen LogP contribution in [0.4, 0.5) is 4.39 Å². The highest BCUT2D eigenvalue weighted by Crippen LogP contribution is 2.26. The van der Waals surface area contributed by atoms with Crippen LogP contribution < -0.4 is 0 Å². The minimum atomic E-state index is -0.488. The fourth-order valence-electron chi connectivity index (χ4n) is 2.12. The molecule has 0 bridgehead atoms. The number of ether oxygens (including phenoxy) is 1. The summed E-state index contributed by atoms with van der Waals surface area (Å²) in [6.07, 6.45) is 0.855. The summed E-state index contributed by atoms with van der Waals surface area (Å²) in [4.78, 5) is 13.9. The summed E-state index contributed by atoms with van der Waals surface area (Å²) >= 11 is 3.29. The smallest absolute Gasteiger partial charge is 0.258 e. The molecule has 1 saturated heterocycles. The average molecular weight is 316 g/mol. The van der Waals surface area contributed by atoms with Gasteiger partial charge in [0.15, 0.2) is 0 Å². The number of rotatable bonds is 2. The Bertz CT molecular complexity index is 478. The highest BCUT2D eigenvalue weighted by Gasteiger charge is 2.29. The van der Waals surface area contributed by atoms with Crippen molar-refractivity contribution in [2.75, 3.05) is 20.2 Å². The molecule has 1 aliphatic rings. The minimum Gasteiger partial charge on any atom is -0.380 e. The van der Waals surface area contributed by atoms with Crippen LogP contribution >= 0.6 is 15.9 Å². The van der Waals surface area contributed by atoms with Gasteiger partial charge in [-0.05, 0) is 40.9 Å². The van der Waals surface area contributed by atoms with Gasteiger partial charge in [0.05, 0.1) is 11.7 Å². The molecule has 1 aliphatic heterocycles. The van der Waals surface area contributed by atoms with Crippen LogP contribution in [0.3, 0.4) is 0 Å². The van der Waals surface area contributed by atoms with Crippen molar-refractivity contribution >= 4 is 21.8 Å².